The highest BCUT2D eigenvalue weighted by atomic mass is 32.2. The topological polar surface area (TPSA) is 86.3 Å². The maximum absolute atomic E-state index is 11.4. The molecule has 0 aliphatic rings. The summed E-state index contributed by atoms with van der Waals surface area (Å²) in [5, 5.41) is 7.15. The molecule has 0 unspecified atom stereocenters. The summed E-state index contributed by atoms with van der Waals surface area (Å²) in [5.41, 5.74) is 0. The molecule has 0 aromatic carbocycles. The van der Waals surface area contributed by atoms with E-state index in [1.807, 2.05) is 6.92 Å². The van der Waals surface area contributed by atoms with Gasteiger partial charge in [0, 0.05) is 6.61 Å². The van der Waals surface area contributed by atoms with Gasteiger partial charge in [-0.1, -0.05) is 11.8 Å². The number of thioether (sulfide) groups is 1. The van der Waals surface area contributed by atoms with Gasteiger partial charge in [0.15, 0.2) is 0 Å². The van der Waals surface area contributed by atoms with Gasteiger partial charge in [-0.3, -0.25) is 9.89 Å². The zero-order valence-corrected chi connectivity index (χ0v) is 12.0. The van der Waals surface area contributed by atoms with Gasteiger partial charge >= 0.3 is 5.97 Å². The average molecular weight is 289 g/mol. The molecule has 1 aromatic rings. The third-order valence-corrected chi connectivity index (χ3v) is 2.78. The first-order valence-electron chi connectivity index (χ1n) is 6.05. The van der Waals surface area contributed by atoms with Gasteiger partial charge in [-0.25, -0.2) is 4.98 Å². The van der Waals surface area contributed by atoms with Gasteiger partial charge in [-0.2, -0.15) is 0 Å². The quantitative estimate of drug-likeness (QED) is 0.387. The average Bonchev–Trinajstić information content (AvgIpc) is 2.81. The van der Waals surface area contributed by atoms with Crippen molar-refractivity contribution in [1.29, 1.82) is 0 Å². The van der Waals surface area contributed by atoms with E-state index in [-0.39, 0.29) is 18.3 Å². The monoisotopic (exact) mass is 289 g/mol. The van der Waals surface area contributed by atoms with Crippen LogP contribution in [0.15, 0.2) is 5.16 Å². The second kappa shape index (κ2) is 9.76. The first kappa shape index (κ1) is 15.9. The Kier molecular flexibility index (Phi) is 8.19. The molecule has 1 rings (SSSR count). The SMILES string of the molecule is CCOCCOCCOC(=O)CSc1n[nH]c(C)n1. The number of carbonyl (C=O) groups is 1. The molecule has 0 bridgehead atoms. The molecule has 0 atom stereocenters. The number of hydrogen-bond donors (Lipinski definition) is 1. The maximum Gasteiger partial charge on any atom is 0.316 e. The summed E-state index contributed by atoms with van der Waals surface area (Å²) in [6.07, 6.45) is 0. The van der Waals surface area contributed by atoms with Gasteiger partial charge in [-0.15, -0.1) is 5.10 Å². The Hall–Kier alpha value is -1.12. The fraction of sp³-hybridized carbons (Fsp3) is 0.727. The second-order valence-electron chi connectivity index (χ2n) is 3.52. The molecule has 0 fully saturated rings. The van der Waals surface area contributed by atoms with Gasteiger partial charge in [0.25, 0.3) is 0 Å². The standard InChI is InChI=1S/C11H19N3O4S/c1-3-16-4-5-17-6-7-18-10(15)8-19-11-12-9(2)13-14-11/h3-8H2,1-2H3,(H,12,13,14). The largest absolute Gasteiger partial charge is 0.463 e. The van der Waals surface area contributed by atoms with Gasteiger partial charge in [0.1, 0.15) is 12.4 Å². The molecule has 0 spiro atoms. The van der Waals surface area contributed by atoms with Crippen LogP contribution in [0.5, 0.6) is 0 Å². The van der Waals surface area contributed by atoms with E-state index in [1.54, 1.807) is 6.92 Å². The smallest absolute Gasteiger partial charge is 0.316 e. The van der Waals surface area contributed by atoms with E-state index in [2.05, 4.69) is 15.2 Å². The minimum absolute atomic E-state index is 0.191. The van der Waals surface area contributed by atoms with E-state index < -0.39 is 0 Å². The summed E-state index contributed by atoms with van der Waals surface area (Å²) in [7, 11) is 0. The maximum atomic E-state index is 11.4. The summed E-state index contributed by atoms with van der Waals surface area (Å²) >= 11 is 1.24. The van der Waals surface area contributed by atoms with Gasteiger partial charge in [0.2, 0.25) is 5.16 Å². The summed E-state index contributed by atoms with van der Waals surface area (Å²) in [5.74, 6) is 0.607. The summed E-state index contributed by atoms with van der Waals surface area (Å²) in [6.45, 7) is 6.10. The van der Waals surface area contributed by atoms with Gasteiger partial charge in [0.05, 0.1) is 25.6 Å². The molecule has 7 nitrogen and oxygen atoms in total. The Morgan fingerprint density at radius 1 is 1.26 bits per heavy atom. The fourth-order valence-electron chi connectivity index (χ4n) is 1.13. The molecule has 0 aliphatic heterocycles. The second-order valence-corrected chi connectivity index (χ2v) is 4.46. The van der Waals surface area contributed by atoms with E-state index in [0.717, 1.165) is 5.82 Å². The first-order valence-corrected chi connectivity index (χ1v) is 7.04. The van der Waals surface area contributed by atoms with Crippen molar-refractivity contribution in [3.8, 4) is 0 Å². The van der Waals surface area contributed by atoms with E-state index in [9.17, 15) is 4.79 Å². The van der Waals surface area contributed by atoms with Crippen LogP contribution in [0, 0.1) is 6.92 Å². The van der Waals surface area contributed by atoms with Crippen molar-refractivity contribution in [3.05, 3.63) is 5.82 Å². The van der Waals surface area contributed by atoms with Crippen LogP contribution in [0.3, 0.4) is 0 Å². The number of carbonyl (C=O) groups excluding carboxylic acids is 1. The van der Waals surface area contributed by atoms with E-state index >= 15 is 0 Å². The third kappa shape index (κ3) is 7.81. The summed E-state index contributed by atoms with van der Waals surface area (Å²) < 4.78 is 15.3. The molecule has 108 valence electrons. The molecule has 1 aromatic heterocycles. The van der Waals surface area contributed by atoms with Crippen molar-refractivity contribution < 1.29 is 19.0 Å². The van der Waals surface area contributed by atoms with Crippen molar-refractivity contribution >= 4 is 17.7 Å². The van der Waals surface area contributed by atoms with Crippen LogP contribution in [0.2, 0.25) is 0 Å². The molecule has 0 amide bonds. The Morgan fingerprint density at radius 2 is 2.00 bits per heavy atom. The summed E-state index contributed by atoms with van der Waals surface area (Å²) in [6, 6.07) is 0. The number of nitrogens with zero attached hydrogens (tertiary/aromatic N) is 2. The number of aromatic amines is 1. The van der Waals surface area contributed by atoms with Crippen LogP contribution < -0.4 is 0 Å². The number of hydrogen-bond acceptors (Lipinski definition) is 7. The van der Waals surface area contributed by atoms with Crippen LogP contribution in [-0.4, -0.2) is 59.9 Å². The highest BCUT2D eigenvalue weighted by Crippen LogP contribution is 2.11. The molecular formula is C11H19N3O4S. The lowest BCUT2D eigenvalue weighted by atomic mass is 10.7. The molecule has 0 saturated carbocycles. The number of H-pyrrole nitrogens is 1. The lowest BCUT2D eigenvalue weighted by Gasteiger charge is -2.05. The normalized spacial score (nSPS) is 10.6. The number of ether oxygens (including phenoxy) is 3. The Morgan fingerprint density at radius 3 is 2.68 bits per heavy atom. The van der Waals surface area contributed by atoms with Crippen LogP contribution >= 0.6 is 11.8 Å². The van der Waals surface area contributed by atoms with Crippen molar-refractivity contribution in [3.63, 3.8) is 0 Å². The van der Waals surface area contributed by atoms with E-state index in [1.165, 1.54) is 11.8 Å². The Bertz CT molecular complexity index is 373. The number of rotatable bonds is 10. The fourth-order valence-corrected chi connectivity index (χ4v) is 1.77. The highest BCUT2D eigenvalue weighted by Gasteiger charge is 2.07. The van der Waals surface area contributed by atoms with Gasteiger partial charge in [-0.05, 0) is 13.8 Å². The number of esters is 1. The van der Waals surface area contributed by atoms with Crippen molar-refractivity contribution in [2.45, 2.75) is 19.0 Å². The third-order valence-electron chi connectivity index (χ3n) is 1.96. The minimum atomic E-state index is -0.305. The van der Waals surface area contributed by atoms with Crippen LogP contribution in [0.4, 0.5) is 0 Å². The lowest BCUT2D eigenvalue weighted by molar-refractivity contribution is -0.142. The predicted octanol–water partition coefficient (Wildman–Crippen LogP) is 0.802. The van der Waals surface area contributed by atoms with Crippen LogP contribution in [0.1, 0.15) is 12.7 Å². The minimum Gasteiger partial charge on any atom is -0.463 e. The molecule has 0 aliphatic carbocycles. The number of nitrogens with one attached hydrogen (secondary N) is 1. The zero-order chi connectivity index (χ0) is 13.9. The zero-order valence-electron chi connectivity index (χ0n) is 11.2. The predicted molar refractivity (Wildman–Crippen MR) is 70.1 cm³/mol. The number of aryl methyl sites for hydroxylation is 1. The van der Waals surface area contributed by atoms with Gasteiger partial charge < -0.3 is 14.2 Å². The molecule has 1 N–H and O–H groups in total. The Labute approximate surface area is 116 Å². The van der Waals surface area contributed by atoms with Crippen LogP contribution in [-0.2, 0) is 19.0 Å². The van der Waals surface area contributed by atoms with E-state index in [0.29, 0.717) is 31.6 Å². The highest BCUT2D eigenvalue weighted by molar-refractivity contribution is 7.99. The van der Waals surface area contributed by atoms with Crippen LogP contribution in [0.25, 0.3) is 0 Å². The van der Waals surface area contributed by atoms with Crippen molar-refractivity contribution in [1.82, 2.24) is 15.2 Å². The molecular weight excluding hydrogens is 270 g/mol. The summed E-state index contributed by atoms with van der Waals surface area (Å²) in [4.78, 5) is 15.4. The first-order chi connectivity index (χ1) is 9.22. The molecule has 19 heavy (non-hydrogen) atoms. The molecule has 0 saturated heterocycles. The molecule has 8 heteroatoms. The van der Waals surface area contributed by atoms with E-state index in [4.69, 9.17) is 14.2 Å². The lowest BCUT2D eigenvalue weighted by Crippen LogP contribution is -2.14. The Balaban J connectivity index is 1.96. The number of aromatic nitrogens is 3. The van der Waals surface area contributed by atoms with Crippen molar-refractivity contribution in [2.24, 2.45) is 0 Å². The molecule has 1 heterocycles. The van der Waals surface area contributed by atoms with Crippen molar-refractivity contribution in [2.75, 3.05) is 38.8 Å². The molecule has 0 radical (unpaired) electrons.